The highest BCUT2D eigenvalue weighted by atomic mass is 16.1. The van der Waals surface area contributed by atoms with Crippen LogP contribution in [0.4, 0.5) is 0 Å². The van der Waals surface area contributed by atoms with Gasteiger partial charge < -0.3 is 0 Å². The summed E-state index contributed by atoms with van der Waals surface area (Å²) in [6.45, 7) is 0. The fraction of sp³-hybridized carbons (Fsp3) is 0. The fourth-order valence-electron chi connectivity index (χ4n) is 1.78. The van der Waals surface area contributed by atoms with E-state index in [1.54, 1.807) is 29.3 Å². The zero-order chi connectivity index (χ0) is 12.4. The highest BCUT2D eigenvalue weighted by Crippen LogP contribution is 2.11. The molecular formula is C13H10N4O. The van der Waals surface area contributed by atoms with Gasteiger partial charge in [-0.2, -0.15) is 5.10 Å². The monoisotopic (exact) mass is 238 g/mol. The van der Waals surface area contributed by atoms with E-state index >= 15 is 0 Å². The summed E-state index contributed by atoms with van der Waals surface area (Å²) in [6.07, 6.45) is 6.14. The molecule has 1 aromatic carbocycles. The van der Waals surface area contributed by atoms with Crippen molar-refractivity contribution in [1.82, 2.24) is 19.3 Å². The minimum atomic E-state index is -0.185. The summed E-state index contributed by atoms with van der Waals surface area (Å²) in [4.78, 5) is 15.6. The van der Waals surface area contributed by atoms with E-state index in [9.17, 15) is 4.79 Å². The van der Waals surface area contributed by atoms with Crippen LogP contribution in [0.15, 0.2) is 66.0 Å². The van der Waals surface area contributed by atoms with E-state index in [0.717, 1.165) is 5.69 Å². The van der Waals surface area contributed by atoms with Crippen LogP contribution in [0, 0.1) is 0 Å². The first-order chi connectivity index (χ1) is 8.86. The summed E-state index contributed by atoms with van der Waals surface area (Å²) >= 11 is 0. The van der Waals surface area contributed by atoms with E-state index in [2.05, 4.69) is 10.1 Å². The van der Waals surface area contributed by atoms with E-state index in [4.69, 9.17) is 0 Å². The molecule has 0 aliphatic rings. The lowest BCUT2D eigenvalue weighted by molar-refractivity contribution is 0.800. The summed E-state index contributed by atoms with van der Waals surface area (Å²) in [5.41, 5.74) is 0.719. The summed E-state index contributed by atoms with van der Waals surface area (Å²) in [7, 11) is 0. The van der Waals surface area contributed by atoms with Crippen LogP contribution in [0.1, 0.15) is 0 Å². The molecular weight excluding hydrogens is 228 g/mol. The van der Waals surface area contributed by atoms with Crippen molar-refractivity contribution in [3.05, 3.63) is 71.5 Å². The lowest BCUT2D eigenvalue weighted by Crippen LogP contribution is -2.19. The maximum atomic E-state index is 11.8. The Morgan fingerprint density at radius 3 is 2.61 bits per heavy atom. The molecule has 0 aliphatic heterocycles. The Balaban J connectivity index is 2.20. The third-order valence-electron chi connectivity index (χ3n) is 2.59. The molecule has 88 valence electrons. The summed E-state index contributed by atoms with van der Waals surface area (Å²) < 4.78 is 3.22. The molecule has 2 heterocycles. The van der Waals surface area contributed by atoms with E-state index in [1.807, 2.05) is 30.3 Å². The molecule has 5 heteroatoms. The van der Waals surface area contributed by atoms with Crippen LogP contribution in [0.5, 0.6) is 0 Å². The average molecular weight is 238 g/mol. The normalized spacial score (nSPS) is 10.4. The topological polar surface area (TPSA) is 52.7 Å². The lowest BCUT2D eigenvalue weighted by atomic mass is 10.3. The van der Waals surface area contributed by atoms with Gasteiger partial charge >= 0.3 is 0 Å². The van der Waals surface area contributed by atoms with Gasteiger partial charge in [-0.25, -0.2) is 4.68 Å². The van der Waals surface area contributed by atoms with E-state index in [0.29, 0.717) is 5.82 Å². The molecule has 18 heavy (non-hydrogen) atoms. The van der Waals surface area contributed by atoms with Gasteiger partial charge in [0.05, 0.1) is 18.1 Å². The molecule has 0 N–H and O–H groups in total. The first kappa shape index (κ1) is 10.5. The molecule has 0 saturated heterocycles. The predicted molar refractivity (Wildman–Crippen MR) is 67.0 cm³/mol. The van der Waals surface area contributed by atoms with Crippen molar-refractivity contribution in [2.75, 3.05) is 0 Å². The molecule has 0 bridgehead atoms. The van der Waals surface area contributed by atoms with Crippen molar-refractivity contribution in [1.29, 1.82) is 0 Å². The second-order valence-corrected chi connectivity index (χ2v) is 3.72. The number of hydrogen-bond donors (Lipinski definition) is 0. The van der Waals surface area contributed by atoms with Crippen LogP contribution in [-0.4, -0.2) is 19.3 Å². The fourth-order valence-corrected chi connectivity index (χ4v) is 1.78. The third-order valence-corrected chi connectivity index (χ3v) is 2.59. The quantitative estimate of drug-likeness (QED) is 0.678. The Hall–Kier alpha value is -2.69. The van der Waals surface area contributed by atoms with Crippen molar-refractivity contribution in [2.45, 2.75) is 0 Å². The maximum Gasteiger partial charge on any atom is 0.274 e. The van der Waals surface area contributed by atoms with Gasteiger partial charge in [0.2, 0.25) is 0 Å². The van der Waals surface area contributed by atoms with Crippen LogP contribution in [0.3, 0.4) is 0 Å². The SMILES string of the molecule is O=c1cnccn1-c1ccnn1-c1ccccc1. The number of rotatable bonds is 2. The molecule has 0 radical (unpaired) electrons. The van der Waals surface area contributed by atoms with Gasteiger partial charge in [0.15, 0.2) is 0 Å². The van der Waals surface area contributed by atoms with Crippen molar-refractivity contribution in [3.8, 4) is 11.5 Å². The van der Waals surface area contributed by atoms with E-state index in [-0.39, 0.29) is 5.56 Å². The number of aromatic nitrogens is 4. The number of para-hydroxylation sites is 1. The van der Waals surface area contributed by atoms with Gasteiger partial charge in [-0.15, -0.1) is 0 Å². The highest BCUT2D eigenvalue weighted by molar-refractivity contribution is 5.37. The molecule has 0 amide bonds. The van der Waals surface area contributed by atoms with Gasteiger partial charge in [0.1, 0.15) is 5.82 Å². The van der Waals surface area contributed by atoms with Gasteiger partial charge in [0, 0.05) is 18.5 Å². The largest absolute Gasteiger partial charge is 0.274 e. The predicted octanol–water partition coefficient (Wildman–Crippen LogP) is 1.42. The van der Waals surface area contributed by atoms with E-state index < -0.39 is 0 Å². The van der Waals surface area contributed by atoms with Gasteiger partial charge in [-0.3, -0.25) is 14.3 Å². The minimum absolute atomic E-state index is 0.185. The second kappa shape index (κ2) is 4.29. The molecule has 0 atom stereocenters. The maximum absolute atomic E-state index is 11.8. The number of nitrogens with zero attached hydrogens (tertiary/aromatic N) is 4. The molecule has 0 saturated carbocycles. The molecule has 0 unspecified atom stereocenters. The van der Waals surface area contributed by atoms with Gasteiger partial charge in [-0.05, 0) is 12.1 Å². The minimum Gasteiger partial charge on any atom is -0.267 e. The van der Waals surface area contributed by atoms with Crippen molar-refractivity contribution >= 4 is 0 Å². The third kappa shape index (κ3) is 1.71. The zero-order valence-electron chi connectivity index (χ0n) is 9.47. The second-order valence-electron chi connectivity index (χ2n) is 3.72. The number of benzene rings is 1. The number of hydrogen-bond acceptors (Lipinski definition) is 3. The smallest absolute Gasteiger partial charge is 0.267 e. The first-order valence-corrected chi connectivity index (χ1v) is 5.49. The summed E-state index contributed by atoms with van der Waals surface area (Å²) in [5.74, 6) is 0.689. The van der Waals surface area contributed by atoms with Crippen LogP contribution in [0.2, 0.25) is 0 Å². The Labute approximate surface area is 103 Å². The van der Waals surface area contributed by atoms with Gasteiger partial charge in [0.25, 0.3) is 5.56 Å². The van der Waals surface area contributed by atoms with E-state index in [1.165, 1.54) is 10.8 Å². The highest BCUT2D eigenvalue weighted by Gasteiger charge is 2.07. The molecule has 5 nitrogen and oxygen atoms in total. The molecule has 3 rings (SSSR count). The molecule has 0 spiro atoms. The molecule has 0 fully saturated rings. The molecule has 2 aromatic heterocycles. The first-order valence-electron chi connectivity index (χ1n) is 5.49. The lowest BCUT2D eigenvalue weighted by Gasteiger charge is -2.08. The average Bonchev–Trinajstić information content (AvgIpc) is 2.89. The molecule has 3 aromatic rings. The van der Waals surface area contributed by atoms with Crippen molar-refractivity contribution in [2.24, 2.45) is 0 Å². The summed E-state index contributed by atoms with van der Waals surface area (Å²) in [5, 5.41) is 4.24. The Morgan fingerprint density at radius 2 is 1.83 bits per heavy atom. The van der Waals surface area contributed by atoms with Crippen LogP contribution < -0.4 is 5.56 Å². The standard InChI is InChI=1S/C13H10N4O/c18-13-10-14-8-9-16(13)12-6-7-15-17(12)11-4-2-1-3-5-11/h1-10H. The van der Waals surface area contributed by atoms with Crippen LogP contribution in [-0.2, 0) is 0 Å². The Morgan fingerprint density at radius 1 is 1.00 bits per heavy atom. The van der Waals surface area contributed by atoms with Crippen LogP contribution >= 0.6 is 0 Å². The van der Waals surface area contributed by atoms with Crippen molar-refractivity contribution in [3.63, 3.8) is 0 Å². The summed E-state index contributed by atoms with van der Waals surface area (Å²) in [6, 6.07) is 11.4. The Kier molecular flexibility index (Phi) is 2.49. The van der Waals surface area contributed by atoms with Crippen LogP contribution in [0.25, 0.3) is 11.5 Å². The zero-order valence-corrected chi connectivity index (χ0v) is 9.47. The Bertz CT molecular complexity index is 715. The van der Waals surface area contributed by atoms with Gasteiger partial charge in [-0.1, -0.05) is 18.2 Å². The van der Waals surface area contributed by atoms with Crippen molar-refractivity contribution < 1.29 is 0 Å². The molecule has 0 aliphatic carbocycles.